The Hall–Kier alpha value is -3.26. The van der Waals surface area contributed by atoms with E-state index in [0.717, 1.165) is 16.8 Å². The highest BCUT2D eigenvalue weighted by atomic mass is 19.1. The minimum absolute atomic E-state index is 0.177. The summed E-state index contributed by atoms with van der Waals surface area (Å²) >= 11 is 0. The molecule has 1 heterocycles. The first-order valence-corrected chi connectivity index (χ1v) is 7.37. The third-order valence-corrected chi connectivity index (χ3v) is 3.79. The van der Waals surface area contributed by atoms with Crippen molar-refractivity contribution in [3.8, 4) is 11.8 Å². The Bertz CT molecular complexity index is 965. The van der Waals surface area contributed by atoms with Crippen LogP contribution in [-0.4, -0.2) is 15.6 Å². The molecule has 0 radical (unpaired) electrons. The summed E-state index contributed by atoms with van der Waals surface area (Å²) in [5.41, 5.74) is 3.43. The molecular weight excluding hydrogens is 305 g/mol. The standard InChI is InChI=1S/C19H14FN3O/c1-12-3-8-17(13(2)9-12)23-18(15(10-21)11-22-23)19(24)14-4-6-16(20)7-5-14/h3-9,11H,1-2H3. The molecule has 0 aliphatic carbocycles. The molecule has 0 saturated heterocycles. The first kappa shape index (κ1) is 15.6. The Labute approximate surface area is 138 Å². The predicted molar refractivity (Wildman–Crippen MR) is 87.6 cm³/mol. The molecule has 118 valence electrons. The van der Waals surface area contributed by atoms with E-state index in [0.29, 0.717) is 5.56 Å². The SMILES string of the molecule is Cc1ccc(-n2ncc(C#N)c2C(=O)c2ccc(F)cc2)c(C)c1. The number of aromatic nitrogens is 2. The van der Waals surface area contributed by atoms with Crippen molar-refractivity contribution in [2.45, 2.75) is 13.8 Å². The summed E-state index contributed by atoms with van der Waals surface area (Å²) in [5.74, 6) is -0.793. The van der Waals surface area contributed by atoms with E-state index in [2.05, 4.69) is 5.10 Å². The van der Waals surface area contributed by atoms with Crippen molar-refractivity contribution in [3.63, 3.8) is 0 Å². The molecule has 24 heavy (non-hydrogen) atoms. The van der Waals surface area contributed by atoms with Gasteiger partial charge in [0.2, 0.25) is 5.78 Å². The lowest BCUT2D eigenvalue weighted by Gasteiger charge is -2.11. The van der Waals surface area contributed by atoms with Crippen molar-refractivity contribution in [3.05, 3.63) is 82.4 Å². The summed E-state index contributed by atoms with van der Waals surface area (Å²) in [6, 6.07) is 13.0. The van der Waals surface area contributed by atoms with Crippen molar-refractivity contribution >= 4 is 5.78 Å². The second kappa shape index (κ2) is 6.09. The van der Waals surface area contributed by atoms with Gasteiger partial charge in [-0.05, 0) is 49.7 Å². The summed E-state index contributed by atoms with van der Waals surface area (Å²) in [7, 11) is 0. The molecule has 0 N–H and O–H groups in total. The van der Waals surface area contributed by atoms with Gasteiger partial charge in [-0.2, -0.15) is 10.4 Å². The van der Waals surface area contributed by atoms with Gasteiger partial charge < -0.3 is 0 Å². The second-order valence-corrected chi connectivity index (χ2v) is 5.56. The molecule has 0 unspecified atom stereocenters. The van der Waals surface area contributed by atoms with Crippen LogP contribution in [0.15, 0.2) is 48.7 Å². The van der Waals surface area contributed by atoms with Crippen molar-refractivity contribution in [1.82, 2.24) is 9.78 Å². The van der Waals surface area contributed by atoms with Gasteiger partial charge in [-0.1, -0.05) is 17.7 Å². The zero-order valence-electron chi connectivity index (χ0n) is 13.2. The molecule has 0 atom stereocenters. The van der Waals surface area contributed by atoms with E-state index in [-0.39, 0.29) is 17.0 Å². The minimum Gasteiger partial charge on any atom is -0.287 e. The number of carbonyl (C=O) groups is 1. The zero-order chi connectivity index (χ0) is 17.3. The van der Waals surface area contributed by atoms with Gasteiger partial charge in [-0.25, -0.2) is 9.07 Å². The lowest BCUT2D eigenvalue weighted by Crippen LogP contribution is -2.12. The summed E-state index contributed by atoms with van der Waals surface area (Å²) in [6.07, 6.45) is 1.37. The molecule has 3 rings (SSSR count). The molecule has 3 aromatic rings. The molecular formula is C19H14FN3O. The lowest BCUT2D eigenvalue weighted by atomic mass is 10.0. The lowest BCUT2D eigenvalue weighted by molar-refractivity contribution is 0.103. The predicted octanol–water partition coefficient (Wildman–Crippen LogP) is 3.73. The Kier molecular flexibility index (Phi) is 3.97. The van der Waals surface area contributed by atoms with Crippen LogP contribution in [0.3, 0.4) is 0 Å². The molecule has 0 spiro atoms. The highest BCUT2D eigenvalue weighted by Gasteiger charge is 2.22. The van der Waals surface area contributed by atoms with Crippen LogP contribution in [0, 0.1) is 31.0 Å². The largest absolute Gasteiger partial charge is 0.287 e. The van der Waals surface area contributed by atoms with Crippen molar-refractivity contribution < 1.29 is 9.18 Å². The monoisotopic (exact) mass is 319 g/mol. The van der Waals surface area contributed by atoms with Crippen LogP contribution in [0.4, 0.5) is 4.39 Å². The fraction of sp³-hybridized carbons (Fsp3) is 0.105. The highest BCUT2D eigenvalue weighted by Crippen LogP contribution is 2.22. The number of aryl methyl sites for hydroxylation is 2. The van der Waals surface area contributed by atoms with Gasteiger partial charge in [0.25, 0.3) is 0 Å². The fourth-order valence-corrected chi connectivity index (χ4v) is 2.61. The summed E-state index contributed by atoms with van der Waals surface area (Å²) in [6.45, 7) is 3.90. The summed E-state index contributed by atoms with van der Waals surface area (Å²) < 4.78 is 14.6. The number of nitriles is 1. The molecule has 4 nitrogen and oxygen atoms in total. The van der Waals surface area contributed by atoms with Gasteiger partial charge in [-0.15, -0.1) is 0 Å². The van der Waals surface area contributed by atoms with E-state index < -0.39 is 5.82 Å². The molecule has 1 aromatic heterocycles. The van der Waals surface area contributed by atoms with Crippen molar-refractivity contribution in [2.75, 3.05) is 0 Å². The van der Waals surface area contributed by atoms with Gasteiger partial charge in [0.1, 0.15) is 23.1 Å². The summed E-state index contributed by atoms with van der Waals surface area (Å²) in [4.78, 5) is 12.8. The second-order valence-electron chi connectivity index (χ2n) is 5.56. The third kappa shape index (κ3) is 2.70. The number of ketones is 1. The first-order chi connectivity index (χ1) is 11.5. The van der Waals surface area contributed by atoms with E-state index in [1.807, 2.05) is 38.1 Å². The van der Waals surface area contributed by atoms with Crippen LogP contribution in [0.5, 0.6) is 0 Å². The smallest absolute Gasteiger partial charge is 0.212 e. The van der Waals surface area contributed by atoms with Crippen molar-refractivity contribution in [1.29, 1.82) is 5.26 Å². The molecule has 5 heteroatoms. The maximum atomic E-state index is 13.1. The van der Waals surface area contributed by atoms with Crippen LogP contribution in [0.2, 0.25) is 0 Å². The number of nitrogens with zero attached hydrogens (tertiary/aromatic N) is 3. The quantitative estimate of drug-likeness (QED) is 0.691. The van der Waals surface area contributed by atoms with Crippen molar-refractivity contribution in [2.24, 2.45) is 0 Å². The highest BCUT2D eigenvalue weighted by molar-refractivity contribution is 6.09. The van der Waals surface area contributed by atoms with Crippen LogP contribution in [0.25, 0.3) is 5.69 Å². The Morgan fingerprint density at radius 3 is 2.50 bits per heavy atom. The molecule has 0 bridgehead atoms. The molecule has 0 aliphatic rings. The van der Waals surface area contributed by atoms with E-state index >= 15 is 0 Å². The van der Waals surface area contributed by atoms with E-state index in [1.54, 1.807) is 0 Å². The van der Waals surface area contributed by atoms with Gasteiger partial charge in [0.15, 0.2) is 0 Å². The van der Waals surface area contributed by atoms with Gasteiger partial charge in [-0.3, -0.25) is 4.79 Å². The number of benzene rings is 2. The average molecular weight is 319 g/mol. The van der Waals surface area contributed by atoms with Crippen LogP contribution < -0.4 is 0 Å². The van der Waals surface area contributed by atoms with E-state index in [9.17, 15) is 14.4 Å². The van der Waals surface area contributed by atoms with Gasteiger partial charge in [0.05, 0.1) is 11.9 Å². The molecule has 0 saturated carbocycles. The Morgan fingerprint density at radius 1 is 1.17 bits per heavy atom. The van der Waals surface area contributed by atoms with Gasteiger partial charge in [0, 0.05) is 5.56 Å². The fourth-order valence-electron chi connectivity index (χ4n) is 2.61. The Balaban J connectivity index is 2.17. The van der Waals surface area contributed by atoms with Crippen LogP contribution in [0.1, 0.15) is 32.7 Å². The normalized spacial score (nSPS) is 10.4. The zero-order valence-corrected chi connectivity index (χ0v) is 13.2. The maximum Gasteiger partial charge on any atom is 0.212 e. The third-order valence-electron chi connectivity index (χ3n) is 3.79. The number of halogens is 1. The Morgan fingerprint density at radius 2 is 1.88 bits per heavy atom. The van der Waals surface area contributed by atoms with Crippen LogP contribution in [-0.2, 0) is 0 Å². The number of carbonyl (C=O) groups excluding carboxylic acids is 1. The molecule has 0 aliphatic heterocycles. The van der Waals surface area contributed by atoms with E-state index in [4.69, 9.17) is 0 Å². The molecule has 0 amide bonds. The van der Waals surface area contributed by atoms with E-state index in [1.165, 1.54) is 35.1 Å². The average Bonchev–Trinajstić information content (AvgIpc) is 2.98. The van der Waals surface area contributed by atoms with Crippen LogP contribution >= 0.6 is 0 Å². The number of rotatable bonds is 3. The molecule has 2 aromatic carbocycles. The topological polar surface area (TPSA) is 58.7 Å². The number of hydrogen-bond donors (Lipinski definition) is 0. The maximum absolute atomic E-state index is 13.1. The molecule has 0 fully saturated rings. The minimum atomic E-state index is -0.421. The number of hydrogen-bond acceptors (Lipinski definition) is 3. The summed E-state index contributed by atoms with van der Waals surface area (Å²) in [5, 5.41) is 13.5. The first-order valence-electron chi connectivity index (χ1n) is 7.37. The van der Waals surface area contributed by atoms with Gasteiger partial charge >= 0.3 is 0 Å².